The molecule has 16 heavy (non-hydrogen) atoms. The summed E-state index contributed by atoms with van der Waals surface area (Å²) in [6.07, 6.45) is 5.52. The highest BCUT2D eigenvalue weighted by Gasteiger charge is 2.17. The summed E-state index contributed by atoms with van der Waals surface area (Å²) in [6.45, 7) is 0.573. The van der Waals surface area contributed by atoms with Crippen LogP contribution in [0, 0.1) is 5.92 Å². The number of carboxylic acids is 1. The molecule has 0 atom stereocenters. The van der Waals surface area contributed by atoms with Crippen LogP contribution in [0.25, 0.3) is 0 Å². The van der Waals surface area contributed by atoms with Gasteiger partial charge < -0.3 is 10.4 Å². The van der Waals surface area contributed by atoms with Gasteiger partial charge in [0.25, 0.3) is 0 Å². The lowest BCUT2D eigenvalue weighted by Gasteiger charge is -2.08. The molecule has 92 valence electrons. The Balaban J connectivity index is 1.95. The molecule has 0 aromatic heterocycles. The molecule has 0 bridgehead atoms. The predicted octanol–water partition coefficient (Wildman–Crippen LogP) is 1.50. The molecule has 2 N–H and O–H groups in total. The first-order valence-electron chi connectivity index (χ1n) is 5.74. The minimum absolute atomic E-state index is 0.110. The van der Waals surface area contributed by atoms with Gasteiger partial charge in [0.2, 0.25) is 5.91 Å². The maximum Gasteiger partial charge on any atom is 0.313 e. The molecule has 1 fully saturated rings. The van der Waals surface area contributed by atoms with Gasteiger partial charge in [0.1, 0.15) is 0 Å². The van der Waals surface area contributed by atoms with E-state index >= 15 is 0 Å². The number of thioether (sulfide) groups is 1. The van der Waals surface area contributed by atoms with Crippen LogP contribution in [0.5, 0.6) is 0 Å². The van der Waals surface area contributed by atoms with E-state index in [9.17, 15) is 9.59 Å². The van der Waals surface area contributed by atoms with Crippen molar-refractivity contribution in [2.24, 2.45) is 5.92 Å². The number of carbonyl (C=O) groups is 2. The summed E-state index contributed by atoms with van der Waals surface area (Å²) in [4.78, 5) is 21.7. The second-order valence-corrected chi connectivity index (χ2v) is 5.26. The second-order valence-electron chi connectivity index (χ2n) is 4.15. The molecule has 0 saturated heterocycles. The largest absolute Gasteiger partial charge is 0.481 e. The molecule has 0 radical (unpaired) electrons. The summed E-state index contributed by atoms with van der Waals surface area (Å²) in [5, 5.41) is 11.2. The zero-order valence-corrected chi connectivity index (χ0v) is 10.2. The smallest absolute Gasteiger partial charge is 0.313 e. The fraction of sp³-hybridized carbons (Fsp3) is 0.818. The first-order valence-corrected chi connectivity index (χ1v) is 6.90. The minimum atomic E-state index is -0.803. The maximum absolute atomic E-state index is 11.5. The Morgan fingerprint density at radius 3 is 2.62 bits per heavy atom. The SMILES string of the molecule is O=C(O)CSCCNC(=O)CC1CCCC1. The van der Waals surface area contributed by atoms with Gasteiger partial charge in [-0.25, -0.2) is 0 Å². The van der Waals surface area contributed by atoms with Crippen LogP contribution in [-0.4, -0.2) is 35.0 Å². The Hall–Kier alpha value is -0.710. The average Bonchev–Trinajstić information content (AvgIpc) is 2.69. The van der Waals surface area contributed by atoms with E-state index in [-0.39, 0.29) is 11.7 Å². The lowest BCUT2D eigenvalue weighted by Crippen LogP contribution is -2.27. The highest BCUT2D eigenvalue weighted by Crippen LogP contribution is 2.27. The number of aliphatic carboxylic acids is 1. The Bertz CT molecular complexity index is 239. The van der Waals surface area contributed by atoms with Gasteiger partial charge in [-0.15, -0.1) is 11.8 Å². The summed E-state index contributed by atoms with van der Waals surface area (Å²) in [5.74, 6) is 0.665. The van der Waals surface area contributed by atoms with E-state index in [0.29, 0.717) is 24.6 Å². The van der Waals surface area contributed by atoms with Crippen molar-refractivity contribution in [3.8, 4) is 0 Å². The first kappa shape index (κ1) is 13.4. The van der Waals surface area contributed by atoms with Crippen molar-refractivity contribution in [3.63, 3.8) is 0 Å². The third-order valence-electron chi connectivity index (χ3n) is 2.74. The van der Waals surface area contributed by atoms with Gasteiger partial charge in [0.15, 0.2) is 0 Å². The van der Waals surface area contributed by atoms with Crippen LogP contribution in [-0.2, 0) is 9.59 Å². The van der Waals surface area contributed by atoms with E-state index in [1.807, 2.05) is 0 Å². The van der Waals surface area contributed by atoms with Gasteiger partial charge >= 0.3 is 5.97 Å². The van der Waals surface area contributed by atoms with Crippen molar-refractivity contribution in [3.05, 3.63) is 0 Å². The average molecular weight is 245 g/mol. The van der Waals surface area contributed by atoms with Crippen LogP contribution in [0.2, 0.25) is 0 Å². The van der Waals surface area contributed by atoms with Gasteiger partial charge in [-0.05, 0) is 18.8 Å². The number of amides is 1. The van der Waals surface area contributed by atoms with E-state index in [0.717, 1.165) is 0 Å². The van der Waals surface area contributed by atoms with Gasteiger partial charge in [-0.1, -0.05) is 12.8 Å². The third kappa shape index (κ3) is 6.00. The molecular weight excluding hydrogens is 226 g/mol. The van der Waals surface area contributed by atoms with E-state index in [1.165, 1.54) is 37.4 Å². The zero-order chi connectivity index (χ0) is 11.8. The Kier molecular flexibility index (Phi) is 6.30. The number of rotatable bonds is 7. The number of carboxylic acid groups (broad SMARTS) is 1. The van der Waals surface area contributed by atoms with Crippen LogP contribution in [0.15, 0.2) is 0 Å². The molecule has 0 unspecified atom stereocenters. The maximum atomic E-state index is 11.5. The number of carbonyl (C=O) groups excluding carboxylic acids is 1. The molecule has 0 aromatic carbocycles. The lowest BCUT2D eigenvalue weighted by atomic mass is 10.0. The van der Waals surface area contributed by atoms with Gasteiger partial charge in [-0.3, -0.25) is 9.59 Å². The van der Waals surface area contributed by atoms with Crippen molar-refractivity contribution < 1.29 is 14.7 Å². The normalized spacial score (nSPS) is 16.2. The molecule has 1 aliphatic carbocycles. The zero-order valence-electron chi connectivity index (χ0n) is 9.41. The Labute approximate surface area is 100 Å². The van der Waals surface area contributed by atoms with Crippen molar-refractivity contribution in [1.29, 1.82) is 0 Å². The van der Waals surface area contributed by atoms with E-state index in [4.69, 9.17) is 5.11 Å². The molecule has 0 heterocycles. The Morgan fingerprint density at radius 2 is 2.00 bits per heavy atom. The lowest BCUT2D eigenvalue weighted by molar-refractivity contribution is -0.133. The molecule has 0 spiro atoms. The van der Waals surface area contributed by atoms with E-state index in [2.05, 4.69) is 5.32 Å². The van der Waals surface area contributed by atoms with Crippen molar-refractivity contribution >= 4 is 23.6 Å². The van der Waals surface area contributed by atoms with Crippen LogP contribution in [0.3, 0.4) is 0 Å². The molecule has 1 amide bonds. The highest BCUT2D eigenvalue weighted by molar-refractivity contribution is 7.99. The molecule has 1 rings (SSSR count). The van der Waals surface area contributed by atoms with E-state index < -0.39 is 5.97 Å². The van der Waals surface area contributed by atoms with Crippen LogP contribution >= 0.6 is 11.8 Å². The highest BCUT2D eigenvalue weighted by atomic mass is 32.2. The second kappa shape index (κ2) is 7.54. The predicted molar refractivity (Wildman–Crippen MR) is 64.5 cm³/mol. The summed E-state index contributed by atoms with van der Waals surface area (Å²) >= 11 is 1.33. The molecular formula is C11H19NO3S. The monoisotopic (exact) mass is 245 g/mol. The fourth-order valence-electron chi connectivity index (χ4n) is 1.97. The van der Waals surface area contributed by atoms with Gasteiger partial charge in [0.05, 0.1) is 5.75 Å². The van der Waals surface area contributed by atoms with Crippen molar-refractivity contribution in [2.45, 2.75) is 32.1 Å². The summed E-state index contributed by atoms with van der Waals surface area (Å²) < 4.78 is 0. The number of hydrogen-bond acceptors (Lipinski definition) is 3. The Morgan fingerprint density at radius 1 is 1.31 bits per heavy atom. The molecule has 1 saturated carbocycles. The van der Waals surface area contributed by atoms with Crippen LogP contribution < -0.4 is 5.32 Å². The van der Waals surface area contributed by atoms with Crippen molar-refractivity contribution in [2.75, 3.05) is 18.1 Å². The van der Waals surface area contributed by atoms with E-state index in [1.54, 1.807) is 0 Å². The molecule has 0 aromatic rings. The summed E-state index contributed by atoms with van der Waals surface area (Å²) in [6, 6.07) is 0. The third-order valence-corrected chi connectivity index (χ3v) is 3.69. The fourth-order valence-corrected chi connectivity index (χ4v) is 2.54. The molecule has 1 aliphatic rings. The number of hydrogen-bond donors (Lipinski definition) is 2. The first-order chi connectivity index (χ1) is 7.68. The summed E-state index contributed by atoms with van der Waals surface area (Å²) in [7, 11) is 0. The quantitative estimate of drug-likeness (QED) is 0.667. The van der Waals surface area contributed by atoms with Crippen LogP contribution in [0.1, 0.15) is 32.1 Å². The molecule has 4 nitrogen and oxygen atoms in total. The minimum Gasteiger partial charge on any atom is -0.481 e. The number of nitrogens with one attached hydrogen (secondary N) is 1. The van der Waals surface area contributed by atoms with Gasteiger partial charge in [0, 0.05) is 18.7 Å². The standard InChI is InChI=1S/C11H19NO3S/c13-10(7-9-3-1-2-4-9)12-5-6-16-8-11(14)15/h9H,1-8H2,(H,12,13)(H,14,15). The van der Waals surface area contributed by atoms with Gasteiger partial charge in [-0.2, -0.15) is 0 Å². The molecule has 0 aliphatic heterocycles. The topological polar surface area (TPSA) is 66.4 Å². The summed E-state index contributed by atoms with van der Waals surface area (Å²) in [5.41, 5.74) is 0. The van der Waals surface area contributed by atoms with Crippen molar-refractivity contribution in [1.82, 2.24) is 5.32 Å². The molecule has 5 heteroatoms. The van der Waals surface area contributed by atoms with Crippen LogP contribution in [0.4, 0.5) is 0 Å².